The van der Waals surface area contributed by atoms with Crippen LogP contribution in [0.4, 0.5) is 0 Å². The molecule has 0 saturated heterocycles. The number of carbonyl (C=O) groups is 2. The average Bonchev–Trinajstić information content (AvgIpc) is 2.26. The van der Waals surface area contributed by atoms with Crippen LogP contribution in [0.15, 0.2) is 30.3 Å². The van der Waals surface area contributed by atoms with E-state index in [1.54, 1.807) is 24.1 Å². The van der Waals surface area contributed by atoms with Crippen molar-refractivity contribution in [3.8, 4) is 0 Å². The number of benzene rings is 1. The Labute approximate surface area is 89.7 Å². The summed E-state index contributed by atoms with van der Waals surface area (Å²) >= 11 is 0. The summed E-state index contributed by atoms with van der Waals surface area (Å²) in [5, 5.41) is 0. The molecule has 80 valence electrons. The molecule has 1 aromatic carbocycles. The molecule has 0 aromatic heterocycles. The lowest BCUT2D eigenvalue weighted by Crippen LogP contribution is -2.26. The molecule has 1 rings (SSSR count). The van der Waals surface area contributed by atoms with E-state index in [4.69, 9.17) is 0 Å². The van der Waals surface area contributed by atoms with Gasteiger partial charge in [-0.25, -0.2) is 0 Å². The van der Waals surface area contributed by atoms with Gasteiger partial charge in [0.15, 0.2) is 5.78 Å². The standard InChI is InChI=1S/C12H15NO2/c1-10(14)13(2)9-8-12(15)11-6-4-3-5-7-11/h3-7H,8-9H2,1-2H3. The Morgan fingerprint density at radius 1 is 1.20 bits per heavy atom. The quantitative estimate of drug-likeness (QED) is 0.702. The fourth-order valence-corrected chi connectivity index (χ4v) is 1.20. The fraction of sp³-hybridized carbons (Fsp3) is 0.333. The van der Waals surface area contributed by atoms with E-state index in [0.717, 1.165) is 0 Å². The summed E-state index contributed by atoms with van der Waals surface area (Å²) in [5.41, 5.74) is 0.703. The molecule has 0 atom stereocenters. The largest absolute Gasteiger partial charge is 0.346 e. The molecule has 3 nitrogen and oxygen atoms in total. The zero-order valence-electron chi connectivity index (χ0n) is 9.06. The molecule has 0 aliphatic rings. The Morgan fingerprint density at radius 2 is 1.80 bits per heavy atom. The van der Waals surface area contributed by atoms with Crippen molar-refractivity contribution >= 4 is 11.7 Å². The first-order chi connectivity index (χ1) is 7.11. The van der Waals surface area contributed by atoms with Crippen molar-refractivity contribution in [2.45, 2.75) is 13.3 Å². The van der Waals surface area contributed by atoms with Crippen LogP contribution in [-0.2, 0) is 4.79 Å². The van der Waals surface area contributed by atoms with Gasteiger partial charge >= 0.3 is 0 Å². The van der Waals surface area contributed by atoms with Gasteiger partial charge in [0.25, 0.3) is 0 Å². The first kappa shape index (κ1) is 11.4. The molecule has 3 heteroatoms. The highest BCUT2D eigenvalue weighted by molar-refractivity contribution is 5.96. The van der Waals surface area contributed by atoms with Gasteiger partial charge in [0, 0.05) is 32.5 Å². The summed E-state index contributed by atoms with van der Waals surface area (Å²) in [6.07, 6.45) is 0.375. The third kappa shape index (κ3) is 3.54. The van der Waals surface area contributed by atoms with E-state index < -0.39 is 0 Å². The van der Waals surface area contributed by atoms with Crippen LogP contribution < -0.4 is 0 Å². The van der Waals surface area contributed by atoms with Crippen molar-refractivity contribution in [2.24, 2.45) is 0 Å². The summed E-state index contributed by atoms with van der Waals surface area (Å²) in [6.45, 7) is 1.97. The second kappa shape index (κ2) is 5.29. The normalized spacial score (nSPS) is 9.73. The van der Waals surface area contributed by atoms with E-state index >= 15 is 0 Å². The highest BCUT2D eigenvalue weighted by Gasteiger charge is 2.07. The smallest absolute Gasteiger partial charge is 0.219 e. The van der Waals surface area contributed by atoms with Crippen LogP contribution in [0, 0.1) is 0 Å². The average molecular weight is 205 g/mol. The van der Waals surface area contributed by atoms with E-state index in [1.807, 2.05) is 18.2 Å². The molecule has 0 bridgehead atoms. The van der Waals surface area contributed by atoms with Crippen LogP contribution in [0.5, 0.6) is 0 Å². The topological polar surface area (TPSA) is 37.4 Å². The maximum Gasteiger partial charge on any atom is 0.219 e. The summed E-state index contributed by atoms with van der Waals surface area (Å²) in [5.74, 6) is 0.0551. The van der Waals surface area contributed by atoms with Crippen LogP contribution in [0.25, 0.3) is 0 Å². The van der Waals surface area contributed by atoms with E-state index in [9.17, 15) is 9.59 Å². The molecule has 0 spiro atoms. The Bertz CT molecular complexity index is 346. The van der Waals surface area contributed by atoms with Crippen molar-refractivity contribution in [3.05, 3.63) is 35.9 Å². The molecule has 0 radical (unpaired) electrons. The van der Waals surface area contributed by atoms with Gasteiger partial charge in [0.1, 0.15) is 0 Å². The van der Waals surface area contributed by atoms with Crippen LogP contribution >= 0.6 is 0 Å². The molecular formula is C12H15NO2. The molecule has 0 N–H and O–H groups in total. The van der Waals surface area contributed by atoms with Crippen LogP contribution in [0.2, 0.25) is 0 Å². The number of rotatable bonds is 4. The highest BCUT2D eigenvalue weighted by atomic mass is 16.2. The van der Waals surface area contributed by atoms with Gasteiger partial charge < -0.3 is 4.90 Å². The van der Waals surface area contributed by atoms with Crippen LogP contribution in [0.3, 0.4) is 0 Å². The number of amides is 1. The van der Waals surface area contributed by atoms with Gasteiger partial charge in [-0.2, -0.15) is 0 Å². The summed E-state index contributed by atoms with van der Waals surface area (Å²) in [7, 11) is 1.70. The van der Waals surface area contributed by atoms with E-state index in [0.29, 0.717) is 18.5 Å². The highest BCUT2D eigenvalue weighted by Crippen LogP contribution is 2.03. The number of carbonyl (C=O) groups excluding carboxylic acids is 2. The number of ketones is 1. The minimum absolute atomic E-state index is 0.0177. The molecule has 0 fully saturated rings. The maximum atomic E-state index is 11.6. The molecular weight excluding hydrogens is 190 g/mol. The Kier molecular flexibility index (Phi) is 4.03. The van der Waals surface area contributed by atoms with Crippen molar-refractivity contribution in [1.82, 2.24) is 4.90 Å². The number of hydrogen-bond donors (Lipinski definition) is 0. The zero-order chi connectivity index (χ0) is 11.3. The van der Waals surface area contributed by atoms with Crippen LogP contribution in [0.1, 0.15) is 23.7 Å². The third-order valence-electron chi connectivity index (χ3n) is 2.31. The van der Waals surface area contributed by atoms with Crippen molar-refractivity contribution in [2.75, 3.05) is 13.6 Å². The SMILES string of the molecule is CC(=O)N(C)CCC(=O)c1ccccc1. The maximum absolute atomic E-state index is 11.6. The number of hydrogen-bond acceptors (Lipinski definition) is 2. The van der Waals surface area contributed by atoms with Crippen molar-refractivity contribution in [1.29, 1.82) is 0 Å². The van der Waals surface area contributed by atoms with Gasteiger partial charge in [0.2, 0.25) is 5.91 Å². The van der Waals surface area contributed by atoms with Crippen LogP contribution in [-0.4, -0.2) is 30.2 Å². The van der Waals surface area contributed by atoms with E-state index in [-0.39, 0.29) is 11.7 Å². The predicted octanol–water partition coefficient (Wildman–Crippen LogP) is 1.74. The van der Waals surface area contributed by atoms with E-state index in [1.165, 1.54) is 6.92 Å². The second-order valence-corrected chi connectivity index (χ2v) is 3.48. The molecule has 0 aliphatic heterocycles. The number of Topliss-reactive ketones (excluding diaryl/α,β-unsaturated/α-hetero) is 1. The summed E-state index contributed by atoms with van der Waals surface area (Å²) < 4.78 is 0. The predicted molar refractivity (Wildman–Crippen MR) is 58.7 cm³/mol. The Balaban J connectivity index is 2.47. The van der Waals surface area contributed by atoms with Gasteiger partial charge in [-0.05, 0) is 0 Å². The van der Waals surface area contributed by atoms with Gasteiger partial charge in [-0.1, -0.05) is 30.3 Å². The fourth-order valence-electron chi connectivity index (χ4n) is 1.20. The van der Waals surface area contributed by atoms with E-state index in [2.05, 4.69) is 0 Å². The van der Waals surface area contributed by atoms with Gasteiger partial charge in [-0.3, -0.25) is 9.59 Å². The Morgan fingerprint density at radius 3 is 2.33 bits per heavy atom. The van der Waals surface area contributed by atoms with Crippen molar-refractivity contribution in [3.63, 3.8) is 0 Å². The molecule has 1 aromatic rings. The Hall–Kier alpha value is -1.64. The molecule has 15 heavy (non-hydrogen) atoms. The lowest BCUT2D eigenvalue weighted by Gasteiger charge is -2.13. The summed E-state index contributed by atoms with van der Waals surface area (Å²) in [6, 6.07) is 9.12. The first-order valence-electron chi connectivity index (χ1n) is 4.91. The van der Waals surface area contributed by atoms with Gasteiger partial charge in [0.05, 0.1) is 0 Å². The minimum atomic E-state index is -0.0177. The van der Waals surface area contributed by atoms with Crippen molar-refractivity contribution < 1.29 is 9.59 Å². The second-order valence-electron chi connectivity index (χ2n) is 3.48. The zero-order valence-corrected chi connectivity index (χ0v) is 9.06. The molecule has 0 heterocycles. The first-order valence-corrected chi connectivity index (χ1v) is 4.91. The summed E-state index contributed by atoms with van der Waals surface area (Å²) in [4.78, 5) is 24.1. The minimum Gasteiger partial charge on any atom is -0.346 e. The molecule has 0 saturated carbocycles. The lowest BCUT2D eigenvalue weighted by molar-refractivity contribution is -0.127. The third-order valence-corrected chi connectivity index (χ3v) is 2.31. The molecule has 0 unspecified atom stereocenters. The monoisotopic (exact) mass is 205 g/mol. The van der Waals surface area contributed by atoms with Gasteiger partial charge in [-0.15, -0.1) is 0 Å². The molecule has 0 aliphatic carbocycles. The molecule has 1 amide bonds. The lowest BCUT2D eigenvalue weighted by atomic mass is 10.1. The number of nitrogens with zero attached hydrogens (tertiary/aromatic N) is 1.